The van der Waals surface area contributed by atoms with Crippen LogP contribution in [0.4, 0.5) is 11.1 Å². The van der Waals surface area contributed by atoms with Gasteiger partial charge in [-0.2, -0.15) is 0 Å². The van der Waals surface area contributed by atoms with Gasteiger partial charge in [-0.1, -0.05) is 31.4 Å². The maximum Gasteiger partial charge on any atom is 0.293 e. The standard InChI is InChI=1S/C23H23N5O3S/c29-20(13-15-14-32-23(24-15)27-21(30)19-11-6-12-31-19)26-22-25-17-9-4-5-10-18(17)28(22)16-7-2-1-3-8-16/h4-6,9-12,14,16H,1-3,7-8,13H2,(H,24,27,30)(H,25,26,29). The first-order valence-corrected chi connectivity index (χ1v) is 11.6. The molecule has 4 aromatic rings. The number of nitrogens with zero attached hydrogens (tertiary/aromatic N) is 3. The van der Waals surface area contributed by atoms with Crippen molar-refractivity contribution in [2.24, 2.45) is 0 Å². The zero-order valence-corrected chi connectivity index (χ0v) is 18.2. The quantitative estimate of drug-likeness (QED) is 0.430. The summed E-state index contributed by atoms with van der Waals surface area (Å²) in [6, 6.07) is 11.6. The average molecular weight is 450 g/mol. The number of carbonyl (C=O) groups excluding carboxylic acids is 2. The van der Waals surface area contributed by atoms with Crippen LogP contribution >= 0.6 is 11.3 Å². The lowest BCUT2D eigenvalue weighted by Crippen LogP contribution is -2.21. The van der Waals surface area contributed by atoms with Gasteiger partial charge in [0.15, 0.2) is 10.9 Å². The molecule has 0 saturated heterocycles. The van der Waals surface area contributed by atoms with E-state index in [1.807, 2.05) is 18.2 Å². The van der Waals surface area contributed by atoms with E-state index in [2.05, 4.69) is 31.2 Å². The van der Waals surface area contributed by atoms with Crippen LogP contribution in [0.25, 0.3) is 11.0 Å². The second-order valence-corrected chi connectivity index (χ2v) is 8.74. The number of anilines is 2. The highest BCUT2D eigenvalue weighted by Gasteiger charge is 2.22. The zero-order chi connectivity index (χ0) is 21.9. The molecule has 0 bridgehead atoms. The Morgan fingerprint density at radius 3 is 2.72 bits per heavy atom. The number of carbonyl (C=O) groups is 2. The number of hydrogen-bond donors (Lipinski definition) is 2. The summed E-state index contributed by atoms with van der Waals surface area (Å²) >= 11 is 1.27. The van der Waals surface area contributed by atoms with E-state index in [1.165, 1.54) is 36.9 Å². The third kappa shape index (κ3) is 4.29. The van der Waals surface area contributed by atoms with Gasteiger partial charge in [0, 0.05) is 11.4 Å². The Kier molecular flexibility index (Phi) is 5.72. The zero-order valence-electron chi connectivity index (χ0n) is 17.4. The fraction of sp³-hybridized carbons (Fsp3) is 0.304. The minimum atomic E-state index is -0.374. The molecule has 1 aliphatic carbocycles. The van der Waals surface area contributed by atoms with Crippen LogP contribution in [0.3, 0.4) is 0 Å². The molecule has 0 aliphatic heterocycles. The number of amides is 2. The molecule has 8 nitrogen and oxygen atoms in total. The van der Waals surface area contributed by atoms with E-state index >= 15 is 0 Å². The van der Waals surface area contributed by atoms with Gasteiger partial charge in [0.2, 0.25) is 11.9 Å². The van der Waals surface area contributed by atoms with Crippen molar-refractivity contribution < 1.29 is 14.0 Å². The van der Waals surface area contributed by atoms with E-state index < -0.39 is 0 Å². The van der Waals surface area contributed by atoms with Gasteiger partial charge in [-0.15, -0.1) is 11.3 Å². The molecule has 2 amide bonds. The van der Waals surface area contributed by atoms with Crippen molar-refractivity contribution in [1.82, 2.24) is 14.5 Å². The molecule has 0 spiro atoms. The molecular formula is C23H23N5O3S. The number of rotatable bonds is 6. The molecule has 9 heteroatoms. The Bertz CT molecular complexity index is 1240. The molecular weight excluding hydrogens is 426 g/mol. The summed E-state index contributed by atoms with van der Waals surface area (Å²) in [5.74, 6) is 0.235. The summed E-state index contributed by atoms with van der Waals surface area (Å²) in [5, 5.41) is 7.86. The molecule has 3 aromatic heterocycles. The van der Waals surface area contributed by atoms with Crippen LogP contribution in [0.5, 0.6) is 0 Å². The highest BCUT2D eigenvalue weighted by molar-refractivity contribution is 7.14. The van der Waals surface area contributed by atoms with E-state index in [0.29, 0.717) is 22.8 Å². The van der Waals surface area contributed by atoms with E-state index in [4.69, 9.17) is 4.42 Å². The van der Waals surface area contributed by atoms with Gasteiger partial charge < -0.3 is 8.98 Å². The molecule has 1 saturated carbocycles. The molecule has 1 aromatic carbocycles. The van der Waals surface area contributed by atoms with Crippen molar-refractivity contribution >= 4 is 45.3 Å². The molecule has 1 aliphatic rings. The lowest BCUT2D eigenvalue weighted by Gasteiger charge is -2.25. The van der Waals surface area contributed by atoms with Crippen LogP contribution in [-0.2, 0) is 11.2 Å². The predicted molar refractivity (Wildman–Crippen MR) is 123 cm³/mol. The van der Waals surface area contributed by atoms with Gasteiger partial charge in [0.05, 0.1) is 29.4 Å². The molecule has 5 rings (SSSR count). The molecule has 164 valence electrons. The third-order valence-corrected chi connectivity index (χ3v) is 6.45. The van der Waals surface area contributed by atoms with E-state index in [9.17, 15) is 9.59 Å². The third-order valence-electron chi connectivity index (χ3n) is 5.65. The normalized spacial score (nSPS) is 14.5. The Balaban J connectivity index is 1.29. The van der Waals surface area contributed by atoms with Crippen LogP contribution in [-0.4, -0.2) is 26.3 Å². The summed E-state index contributed by atoms with van der Waals surface area (Å²) < 4.78 is 7.27. The molecule has 0 radical (unpaired) electrons. The second kappa shape index (κ2) is 8.96. The number of hydrogen-bond acceptors (Lipinski definition) is 6. The predicted octanol–water partition coefficient (Wildman–Crippen LogP) is 5.02. The number of thiazole rings is 1. The number of nitrogens with one attached hydrogen (secondary N) is 2. The monoisotopic (exact) mass is 449 g/mol. The Morgan fingerprint density at radius 1 is 1.06 bits per heavy atom. The van der Waals surface area contributed by atoms with Gasteiger partial charge in [-0.25, -0.2) is 9.97 Å². The maximum absolute atomic E-state index is 12.8. The fourth-order valence-corrected chi connectivity index (χ4v) is 4.89. The van der Waals surface area contributed by atoms with Crippen molar-refractivity contribution in [1.29, 1.82) is 0 Å². The SMILES string of the molecule is O=C(Cc1csc(NC(=O)c2ccco2)n1)Nc1nc2ccccc2n1C1CCCCC1. The largest absolute Gasteiger partial charge is 0.459 e. The summed E-state index contributed by atoms with van der Waals surface area (Å²) in [6.45, 7) is 0. The van der Waals surface area contributed by atoms with Crippen LogP contribution in [0.15, 0.2) is 52.5 Å². The first-order chi connectivity index (χ1) is 15.7. The van der Waals surface area contributed by atoms with Gasteiger partial charge in [-0.05, 0) is 37.1 Å². The van der Waals surface area contributed by atoms with E-state index in [0.717, 1.165) is 23.9 Å². The van der Waals surface area contributed by atoms with E-state index in [-0.39, 0.29) is 24.0 Å². The van der Waals surface area contributed by atoms with E-state index in [1.54, 1.807) is 17.5 Å². The Labute approximate surface area is 188 Å². The first kappa shape index (κ1) is 20.4. The van der Waals surface area contributed by atoms with Gasteiger partial charge in [0.1, 0.15) is 0 Å². The average Bonchev–Trinajstić information content (AvgIpc) is 3.54. The summed E-state index contributed by atoms with van der Waals surface area (Å²) in [7, 11) is 0. The topological polar surface area (TPSA) is 102 Å². The van der Waals surface area contributed by atoms with Gasteiger partial charge in [0.25, 0.3) is 5.91 Å². The Hall–Kier alpha value is -3.46. The Morgan fingerprint density at radius 2 is 1.91 bits per heavy atom. The van der Waals surface area contributed by atoms with Crippen molar-refractivity contribution in [3.63, 3.8) is 0 Å². The highest BCUT2D eigenvalue weighted by atomic mass is 32.1. The van der Waals surface area contributed by atoms with Crippen LogP contribution in [0, 0.1) is 0 Å². The lowest BCUT2D eigenvalue weighted by atomic mass is 9.95. The molecule has 32 heavy (non-hydrogen) atoms. The summed E-state index contributed by atoms with van der Waals surface area (Å²) in [6.07, 6.45) is 7.36. The number of fused-ring (bicyclic) bond motifs is 1. The fourth-order valence-electron chi connectivity index (χ4n) is 4.19. The van der Waals surface area contributed by atoms with Crippen LogP contribution in [0.1, 0.15) is 54.4 Å². The first-order valence-electron chi connectivity index (χ1n) is 10.7. The van der Waals surface area contributed by atoms with Crippen molar-refractivity contribution in [2.75, 3.05) is 10.6 Å². The summed E-state index contributed by atoms with van der Waals surface area (Å²) in [4.78, 5) is 33.9. The van der Waals surface area contributed by atoms with Crippen molar-refractivity contribution in [2.45, 2.75) is 44.6 Å². The summed E-state index contributed by atoms with van der Waals surface area (Å²) in [5.41, 5.74) is 2.51. The second-order valence-electron chi connectivity index (χ2n) is 7.89. The van der Waals surface area contributed by atoms with Crippen LogP contribution in [0.2, 0.25) is 0 Å². The number of para-hydroxylation sites is 2. The molecule has 3 heterocycles. The lowest BCUT2D eigenvalue weighted by molar-refractivity contribution is -0.115. The van der Waals surface area contributed by atoms with Crippen LogP contribution < -0.4 is 10.6 Å². The number of imidazole rings is 1. The number of furan rings is 1. The number of aromatic nitrogens is 3. The molecule has 1 fully saturated rings. The molecule has 0 unspecified atom stereocenters. The maximum atomic E-state index is 12.8. The van der Waals surface area contributed by atoms with Crippen molar-refractivity contribution in [3.8, 4) is 0 Å². The minimum Gasteiger partial charge on any atom is -0.459 e. The smallest absolute Gasteiger partial charge is 0.293 e. The highest BCUT2D eigenvalue weighted by Crippen LogP contribution is 2.34. The molecule has 2 N–H and O–H groups in total. The minimum absolute atomic E-state index is 0.0982. The van der Waals surface area contributed by atoms with Gasteiger partial charge in [-0.3, -0.25) is 20.2 Å². The molecule has 0 atom stereocenters. The number of benzene rings is 1. The van der Waals surface area contributed by atoms with Gasteiger partial charge >= 0.3 is 0 Å². The van der Waals surface area contributed by atoms with Crippen molar-refractivity contribution in [3.05, 3.63) is 59.5 Å².